The Morgan fingerprint density at radius 1 is 1.80 bits per heavy atom. The van der Waals surface area contributed by atoms with Gasteiger partial charge in [0.15, 0.2) is 0 Å². The number of nitrogens with zero attached hydrogens (tertiary/aromatic N) is 1. The fourth-order valence-electron chi connectivity index (χ4n) is 0.860. The highest BCUT2D eigenvalue weighted by atomic mass is 19.1. The Balaban J connectivity index is 2.47. The van der Waals surface area contributed by atoms with E-state index >= 15 is 0 Å². The van der Waals surface area contributed by atoms with Crippen molar-refractivity contribution in [1.29, 1.82) is 0 Å². The van der Waals surface area contributed by atoms with Crippen molar-refractivity contribution < 1.29 is 4.39 Å². The van der Waals surface area contributed by atoms with Crippen LogP contribution < -0.4 is 0 Å². The maximum absolute atomic E-state index is 12.5. The minimum Gasteiger partial charge on any atom is -0.367 e. The van der Waals surface area contributed by atoms with Crippen LogP contribution in [0.25, 0.3) is 0 Å². The van der Waals surface area contributed by atoms with E-state index < -0.39 is 0 Å². The maximum atomic E-state index is 12.5. The van der Waals surface area contributed by atoms with Gasteiger partial charge in [0.1, 0.15) is 5.83 Å². The Morgan fingerprint density at radius 3 is 3.20 bits per heavy atom. The first kappa shape index (κ1) is 7.06. The summed E-state index contributed by atoms with van der Waals surface area (Å²) in [5.41, 5.74) is 0. The van der Waals surface area contributed by atoms with Crippen molar-refractivity contribution in [2.75, 3.05) is 13.1 Å². The van der Waals surface area contributed by atoms with Gasteiger partial charge in [-0.3, -0.25) is 0 Å². The summed E-state index contributed by atoms with van der Waals surface area (Å²) in [7, 11) is 0. The lowest BCUT2D eigenvalue weighted by Gasteiger charge is -2.18. The molecular formula is C8H10FN. The largest absolute Gasteiger partial charge is 0.367 e. The fourth-order valence-corrected chi connectivity index (χ4v) is 0.860. The van der Waals surface area contributed by atoms with Crippen LogP contribution in [-0.4, -0.2) is 18.0 Å². The Labute approximate surface area is 60.1 Å². The van der Waals surface area contributed by atoms with Gasteiger partial charge in [0, 0.05) is 6.54 Å². The summed E-state index contributed by atoms with van der Waals surface area (Å²) in [5.74, 6) is -0.0932. The number of rotatable bonds is 2. The number of allylic oxidation sites excluding steroid dienone is 2. The first-order valence-electron chi connectivity index (χ1n) is 3.21. The first-order chi connectivity index (χ1) is 4.83. The van der Waals surface area contributed by atoms with Gasteiger partial charge in [-0.25, -0.2) is 4.39 Å². The van der Waals surface area contributed by atoms with Crippen molar-refractivity contribution in [3.63, 3.8) is 0 Å². The summed E-state index contributed by atoms with van der Waals surface area (Å²) in [5, 5.41) is 0. The third-order valence-electron chi connectivity index (χ3n) is 1.29. The van der Waals surface area contributed by atoms with E-state index in [1.807, 2.05) is 11.1 Å². The van der Waals surface area contributed by atoms with E-state index in [-0.39, 0.29) is 5.83 Å². The van der Waals surface area contributed by atoms with E-state index in [4.69, 9.17) is 0 Å². The van der Waals surface area contributed by atoms with Gasteiger partial charge in [-0.2, -0.15) is 0 Å². The van der Waals surface area contributed by atoms with Crippen LogP contribution >= 0.6 is 0 Å². The minimum absolute atomic E-state index is 0.0932. The monoisotopic (exact) mass is 139 g/mol. The topological polar surface area (TPSA) is 3.24 Å². The van der Waals surface area contributed by atoms with Gasteiger partial charge in [-0.1, -0.05) is 6.08 Å². The molecule has 0 bridgehead atoms. The van der Waals surface area contributed by atoms with E-state index in [1.54, 1.807) is 12.2 Å². The van der Waals surface area contributed by atoms with E-state index in [1.165, 1.54) is 6.08 Å². The molecular weight excluding hydrogens is 129 g/mol. The average Bonchev–Trinajstić information content (AvgIpc) is 1.88. The van der Waals surface area contributed by atoms with E-state index in [0.717, 1.165) is 0 Å². The predicted molar refractivity (Wildman–Crippen MR) is 40.1 cm³/mol. The lowest BCUT2D eigenvalue weighted by molar-refractivity contribution is 0.399. The van der Waals surface area contributed by atoms with Crippen LogP contribution in [0.5, 0.6) is 0 Å². The maximum Gasteiger partial charge on any atom is 0.119 e. The molecule has 0 aromatic rings. The van der Waals surface area contributed by atoms with Gasteiger partial charge >= 0.3 is 0 Å². The molecule has 0 spiro atoms. The molecule has 0 unspecified atom stereocenters. The zero-order valence-corrected chi connectivity index (χ0v) is 5.76. The molecule has 0 aliphatic carbocycles. The Hall–Kier alpha value is -1.05. The summed E-state index contributed by atoms with van der Waals surface area (Å²) in [6.07, 6.45) is 6.77. The quantitative estimate of drug-likeness (QED) is 0.528. The predicted octanol–water partition coefficient (Wildman–Crippen LogP) is 1.86. The van der Waals surface area contributed by atoms with Crippen LogP contribution in [0.15, 0.2) is 36.8 Å². The molecule has 54 valence electrons. The number of hydrogen-bond acceptors (Lipinski definition) is 1. The van der Waals surface area contributed by atoms with Crippen LogP contribution in [-0.2, 0) is 0 Å². The zero-order chi connectivity index (χ0) is 7.40. The van der Waals surface area contributed by atoms with Crippen molar-refractivity contribution in [3.8, 4) is 0 Å². The summed E-state index contributed by atoms with van der Waals surface area (Å²) < 4.78 is 12.5. The second kappa shape index (κ2) is 3.20. The second-order valence-corrected chi connectivity index (χ2v) is 2.17. The average molecular weight is 139 g/mol. The lowest BCUT2D eigenvalue weighted by atomic mass is 10.3. The highest BCUT2D eigenvalue weighted by Gasteiger charge is 2.03. The van der Waals surface area contributed by atoms with Crippen molar-refractivity contribution >= 4 is 0 Å². The summed E-state index contributed by atoms with van der Waals surface area (Å²) >= 11 is 0. The molecule has 0 aromatic carbocycles. The fraction of sp³-hybridized carbons (Fsp3) is 0.250. The molecule has 0 saturated heterocycles. The van der Waals surface area contributed by atoms with Gasteiger partial charge in [0.05, 0.1) is 6.54 Å². The molecule has 1 aliphatic heterocycles. The van der Waals surface area contributed by atoms with Gasteiger partial charge in [0.25, 0.3) is 0 Å². The van der Waals surface area contributed by atoms with Crippen molar-refractivity contribution in [1.82, 2.24) is 4.90 Å². The second-order valence-electron chi connectivity index (χ2n) is 2.17. The number of hydrogen-bond donors (Lipinski definition) is 0. The molecule has 1 nitrogen and oxygen atoms in total. The van der Waals surface area contributed by atoms with Crippen molar-refractivity contribution in [2.45, 2.75) is 0 Å². The Morgan fingerprint density at radius 2 is 2.60 bits per heavy atom. The molecule has 0 aromatic heterocycles. The van der Waals surface area contributed by atoms with Gasteiger partial charge in [-0.05, 0) is 18.4 Å². The smallest absolute Gasteiger partial charge is 0.119 e. The molecule has 2 heteroatoms. The third-order valence-corrected chi connectivity index (χ3v) is 1.29. The van der Waals surface area contributed by atoms with Crippen LogP contribution in [0.1, 0.15) is 0 Å². The van der Waals surface area contributed by atoms with Crippen molar-refractivity contribution in [3.05, 3.63) is 36.8 Å². The minimum atomic E-state index is -0.0932. The molecule has 0 fully saturated rings. The van der Waals surface area contributed by atoms with E-state index in [9.17, 15) is 4.39 Å². The first-order valence-corrected chi connectivity index (χ1v) is 3.21. The molecule has 1 aliphatic rings. The Bertz CT molecular complexity index is 182. The summed E-state index contributed by atoms with van der Waals surface area (Å²) in [6, 6.07) is 0. The van der Waals surface area contributed by atoms with Gasteiger partial charge in [0.2, 0.25) is 0 Å². The normalized spacial score (nSPS) is 16.9. The van der Waals surface area contributed by atoms with Crippen LogP contribution in [0.3, 0.4) is 0 Å². The van der Waals surface area contributed by atoms with Gasteiger partial charge < -0.3 is 4.90 Å². The molecule has 0 N–H and O–H groups in total. The summed E-state index contributed by atoms with van der Waals surface area (Å²) in [4.78, 5) is 1.85. The lowest BCUT2D eigenvalue weighted by Crippen LogP contribution is -2.20. The van der Waals surface area contributed by atoms with E-state index in [0.29, 0.717) is 13.1 Å². The van der Waals surface area contributed by atoms with Crippen LogP contribution in [0.4, 0.5) is 4.39 Å². The van der Waals surface area contributed by atoms with Crippen LogP contribution in [0.2, 0.25) is 0 Å². The SMILES string of the molecule is C=CCN1C=CC=C(F)C1. The summed E-state index contributed by atoms with van der Waals surface area (Å²) in [6.45, 7) is 4.65. The molecule has 1 rings (SSSR count). The third kappa shape index (κ3) is 1.72. The highest BCUT2D eigenvalue weighted by molar-refractivity contribution is 5.13. The molecule has 0 radical (unpaired) electrons. The van der Waals surface area contributed by atoms with E-state index in [2.05, 4.69) is 6.58 Å². The highest BCUT2D eigenvalue weighted by Crippen LogP contribution is 2.07. The van der Waals surface area contributed by atoms with Crippen LogP contribution in [0, 0.1) is 0 Å². The molecule has 0 atom stereocenters. The number of halogens is 1. The Kier molecular flexibility index (Phi) is 2.26. The molecule has 1 heterocycles. The standard InChI is InChI=1S/C8H10FN/c1-2-5-10-6-3-4-8(9)7-10/h2-4,6H,1,5,7H2. The zero-order valence-electron chi connectivity index (χ0n) is 5.76. The molecule has 10 heavy (non-hydrogen) atoms. The van der Waals surface area contributed by atoms with Crippen molar-refractivity contribution in [2.24, 2.45) is 0 Å². The molecule has 0 amide bonds. The van der Waals surface area contributed by atoms with Gasteiger partial charge in [-0.15, -0.1) is 6.58 Å². The molecule has 0 saturated carbocycles.